The Morgan fingerprint density at radius 1 is 1.45 bits per heavy atom. The second kappa shape index (κ2) is 7.11. The summed E-state index contributed by atoms with van der Waals surface area (Å²) >= 11 is 3.04. The minimum absolute atomic E-state index is 0.343. The third-order valence-corrected chi connectivity index (χ3v) is 4.05. The quantitative estimate of drug-likeness (QED) is 0.620. The van der Waals surface area contributed by atoms with Gasteiger partial charge in [0.15, 0.2) is 6.04 Å². The summed E-state index contributed by atoms with van der Waals surface area (Å²) in [5, 5.41) is 2.70. The highest BCUT2D eigenvalue weighted by molar-refractivity contribution is 7.13. The number of nitrogens with zero attached hydrogens (tertiary/aromatic N) is 3. The van der Waals surface area contributed by atoms with E-state index in [1.165, 1.54) is 22.7 Å². The second-order valence-electron chi connectivity index (χ2n) is 5.82. The Hall–Kier alpha value is -1.60. The Morgan fingerprint density at radius 3 is 2.77 bits per heavy atom. The van der Waals surface area contributed by atoms with Gasteiger partial charge in [0.2, 0.25) is 0 Å². The largest absolute Gasteiger partial charge is 0.458 e. The molecule has 0 aliphatic carbocycles. The predicted octanol–water partition coefficient (Wildman–Crippen LogP) is 3.28. The number of carbonyl (C=O) groups excluding carboxylic acids is 1. The van der Waals surface area contributed by atoms with Crippen molar-refractivity contribution in [1.29, 1.82) is 0 Å². The molecule has 0 fully saturated rings. The predicted molar refractivity (Wildman–Crippen MR) is 89.9 cm³/mol. The van der Waals surface area contributed by atoms with E-state index in [0.717, 1.165) is 15.6 Å². The fourth-order valence-corrected chi connectivity index (χ4v) is 2.91. The van der Waals surface area contributed by atoms with Crippen molar-refractivity contribution in [3.63, 3.8) is 0 Å². The maximum absolute atomic E-state index is 12.3. The topological polar surface area (TPSA) is 64.4 Å². The van der Waals surface area contributed by atoms with E-state index in [-0.39, 0.29) is 5.97 Å². The zero-order valence-corrected chi connectivity index (χ0v) is 14.7. The van der Waals surface area contributed by atoms with E-state index in [1.807, 2.05) is 33.1 Å². The molecule has 5 nitrogen and oxygen atoms in total. The number of aromatic nitrogens is 2. The van der Waals surface area contributed by atoms with Crippen LogP contribution in [0.4, 0.5) is 0 Å². The molecule has 0 bridgehead atoms. The molecule has 2 rings (SSSR count). The molecule has 0 aromatic carbocycles. The van der Waals surface area contributed by atoms with Crippen molar-refractivity contribution in [2.45, 2.75) is 45.8 Å². The molecule has 0 spiro atoms. The van der Waals surface area contributed by atoms with Crippen molar-refractivity contribution >= 4 is 34.9 Å². The lowest BCUT2D eigenvalue weighted by molar-refractivity contribution is -0.156. The molecule has 7 heteroatoms. The molecule has 2 aromatic rings. The molecule has 0 aliphatic rings. The van der Waals surface area contributed by atoms with Gasteiger partial charge in [0, 0.05) is 22.9 Å². The standard InChI is InChI=1S/C15H19N3O2S2/c1-10-6-17-13(22-10)7-16-12(5-11-8-21-9-18-11)14(19)20-15(2,3)4/h6-9,12H,5H2,1-4H3. The van der Waals surface area contributed by atoms with E-state index >= 15 is 0 Å². The molecule has 0 saturated heterocycles. The normalized spacial score (nSPS) is 13.5. The van der Waals surface area contributed by atoms with Crippen molar-refractivity contribution in [1.82, 2.24) is 9.97 Å². The Kier molecular flexibility index (Phi) is 5.42. The van der Waals surface area contributed by atoms with E-state index in [4.69, 9.17) is 4.74 Å². The van der Waals surface area contributed by atoms with Crippen molar-refractivity contribution in [2.24, 2.45) is 4.99 Å². The average Bonchev–Trinajstić information content (AvgIpc) is 3.03. The number of aliphatic imine (C=N–C) groups is 1. The second-order valence-corrected chi connectivity index (χ2v) is 7.81. The van der Waals surface area contributed by atoms with Gasteiger partial charge >= 0.3 is 5.97 Å². The number of aryl methyl sites for hydroxylation is 1. The van der Waals surface area contributed by atoms with Crippen LogP contribution in [0.1, 0.15) is 36.3 Å². The monoisotopic (exact) mass is 337 g/mol. The van der Waals surface area contributed by atoms with Crippen LogP contribution in [0.25, 0.3) is 0 Å². The van der Waals surface area contributed by atoms with Gasteiger partial charge < -0.3 is 4.74 Å². The Labute approximate surface area is 138 Å². The zero-order chi connectivity index (χ0) is 16.2. The van der Waals surface area contributed by atoms with Gasteiger partial charge in [-0.05, 0) is 27.7 Å². The summed E-state index contributed by atoms with van der Waals surface area (Å²) in [6.07, 6.45) is 3.85. The van der Waals surface area contributed by atoms with Crippen LogP contribution >= 0.6 is 22.7 Å². The van der Waals surface area contributed by atoms with Crippen LogP contribution in [0.3, 0.4) is 0 Å². The van der Waals surface area contributed by atoms with Gasteiger partial charge in [0.25, 0.3) is 0 Å². The highest BCUT2D eigenvalue weighted by Gasteiger charge is 2.25. The molecule has 1 atom stereocenters. The smallest absolute Gasteiger partial charge is 0.331 e. The fraction of sp³-hybridized carbons (Fsp3) is 0.467. The summed E-state index contributed by atoms with van der Waals surface area (Å²) in [4.78, 5) is 26.3. The summed E-state index contributed by atoms with van der Waals surface area (Å²) in [6.45, 7) is 7.52. The van der Waals surface area contributed by atoms with Gasteiger partial charge in [-0.25, -0.2) is 14.8 Å². The van der Waals surface area contributed by atoms with Crippen molar-refractivity contribution in [3.8, 4) is 0 Å². The SMILES string of the molecule is Cc1cnc(C=NC(Cc2cscn2)C(=O)OC(C)(C)C)s1. The average molecular weight is 337 g/mol. The van der Waals surface area contributed by atoms with Gasteiger partial charge in [0.05, 0.1) is 17.4 Å². The molecule has 118 valence electrons. The van der Waals surface area contributed by atoms with E-state index in [1.54, 1.807) is 17.9 Å². The van der Waals surface area contributed by atoms with Crippen LogP contribution in [-0.4, -0.2) is 33.8 Å². The van der Waals surface area contributed by atoms with Gasteiger partial charge in [0.1, 0.15) is 10.6 Å². The minimum atomic E-state index is -0.606. The third-order valence-electron chi connectivity index (χ3n) is 2.57. The summed E-state index contributed by atoms with van der Waals surface area (Å²) in [5.41, 5.74) is 2.05. The van der Waals surface area contributed by atoms with Crippen LogP contribution in [0, 0.1) is 6.92 Å². The molecule has 0 aliphatic heterocycles. The van der Waals surface area contributed by atoms with Crippen molar-refractivity contribution in [3.05, 3.63) is 32.7 Å². The van der Waals surface area contributed by atoms with Crippen LogP contribution in [0.15, 0.2) is 22.1 Å². The van der Waals surface area contributed by atoms with Gasteiger partial charge in [-0.3, -0.25) is 4.99 Å². The van der Waals surface area contributed by atoms with Crippen molar-refractivity contribution in [2.75, 3.05) is 0 Å². The van der Waals surface area contributed by atoms with E-state index in [2.05, 4.69) is 15.0 Å². The van der Waals surface area contributed by atoms with E-state index in [9.17, 15) is 4.79 Å². The lowest BCUT2D eigenvalue weighted by Crippen LogP contribution is -2.32. The Balaban J connectivity index is 2.13. The molecule has 0 amide bonds. The van der Waals surface area contributed by atoms with Crippen LogP contribution in [-0.2, 0) is 16.0 Å². The first-order chi connectivity index (χ1) is 10.3. The minimum Gasteiger partial charge on any atom is -0.458 e. The first kappa shape index (κ1) is 16.8. The molecule has 1 unspecified atom stereocenters. The Morgan fingerprint density at radius 2 is 2.23 bits per heavy atom. The molecular formula is C15H19N3O2S2. The molecule has 0 saturated carbocycles. The van der Waals surface area contributed by atoms with E-state index < -0.39 is 11.6 Å². The number of hydrogen-bond donors (Lipinski definition) is 0. The Bertz CT molecular complexity index is 642. The lowest BCUT2D eigenvalue weighted by Gasteiger charge is -2.22. The molecule has 2 aromatic heterocycles. The first-order valence-electron chi connectivity index (χ1n) is 6.89. The summed E-state index contributed by atoms with van der Waals surface area (Å²) in [6, 6.07) is -0.606. The van der Waals surface area contributed by atoms with Crippen molar-refractivity contribution < 1.29 is 9.53 Å². The number of rotatable bonds is 5. The summed E-state index contributed by atoms with van der Waals surface area (Å²) in [5.74, 6) is -0.343. The number of carbonyl (C=O) groups is 1. The van der Waals surface area contributed by atoms with Gasteiger partial charge in [-0.15, -0.1) is 22.7 Å². The van der Waals surface area contributed by atoms with Gasteiger partial charge in [-0.2, -0.15) is 0 Å². The highest BCUT2D eigenvalue weighted by atomic mass is 32.1. The zero-order valence-electron chi connectivity index (χ0n) is 13.1. The van der Waals surface area contributed by atoms with Crippen LogP contribution < -0.4 is 0 Å². The molecule has 22 heavy (non-hydrogen) atoms. The lowest BCUT2D eigenvalue weighted by atomic mass is 10.1. The highest BCUT2D eigenvalue weighted by Crippen LogP contribution is 2.15. The third kappa shape index (κ3) is 5.31. The summed E-state index contributed by atoms with van der Waals surface area (Å²) in [7, 11) is 0. The fourth-order valence-electron chi connectivity index (χ4n) is 1.69. The summed E-state index contributed by atoms with van der Waals surface area (Å²) < 4.78 is 5.45. The van der Waals surface area contributed by atoms with E-state index in [0.29, 0.717) is 6.42 Å². The number of thiazole rings is 2. The first-order valence-corrected chi connectivity index (χ1v) is 8.65. The molecule has 0 N–H and O–H groups in total. The van der Waals surface area contributed by atoms with Crippen LogP contribution in [0.2, 0.25) is 0 Å². The number of ether oxygens (including phenoxy) is 1. The van der Waals surface area contributed by atoms with Gasteiger partial charge in [-0.1, -0.05) is 0 Å². The van der Waals surface area contributed by atoms with Crippen LogP contribution in [0.5, 0.6) is 0 Å². The molecule has 0 radical (unpaired) electrons. The molecule has 2 heterocycles. The molecular weight excluding hydrogens is 318 g/mol. The maximum atomic E-state index is 12.3. The maximum Gasteiger partial charge on any atom is 0.331 e. The number of esters is 1. The number of hydrogen-bond acceptors (Lipinski definition) is 7.